The van der Waals surface area contributed by atoms with Crippen LogP contribution in [0.1, 0.15) is 24.3 Å². The molecule has 0 unspecified atom stereocenters. The standard InChI is InChI=1S/C28H25F3N8O5/c1-15(2)43-22-9-19-18(8-21(22)41-3)20(6-7-33-19)44-17-4-5-24(34-12-17)38-26(40)25-23(42-14-28(29,30)31)13-37-39(25)16-10-35-27(32)36-11-16/h4-13,15H,14H2,1-3H3,(H2,32,35,36)(H,34,38,40). The quantitative estimate of drug-likeness (QED) is 0.220. The van der Waals surface area contributed by atoms with Crippen molar-refractivity contribution in [3.63, 3.8) is 0 Å². The number of aromatic nitrogens is 6. The number of fused-ring (bicyclic) bond motifs is 1. The second-order valence-electron chi connectivity index (χ2n) is 9.40. The van der Waals surface area contributed by atoms with Gasteiger partial charge < -0.3 is 30.0 Å². The Morgan fingerprint density at radius 2 is 1.75 bits per heavy atom. The SMILES string of the molecule is COc1cc2c(Oc3ccc(NC(=O)c4c(OCC(F)(F)F)cnn4-c4cnc(N)nc4)nc3)ccnc2cc1OC(C)C. The van der Waals surface area contributed by atoms with Crippen LogP contribution in [0.4, 0.5) is 24.9 Å². The Bertz CT molecular complexity index is 1780. The molecule has 4 aromatic heterocycles. The van der Waals surface area contributed by atoms with Gasteiger partial charge in [-0.2, -0.15) is 18.3 Å². The number of pyridine rings is 2. The summed E-state index contributed by atoms with van der Waals surface area (Å²) in [6.07, 6.45) is 1.71. The van der Waals surface area contributed by atoms with Gasteiger partial charge >= 0.3 is 6.18 Å². The maximum atomic E-state index is 13.3. The Kier molecular flexibility index (Phi) is 8.32. The zero-order chi connectivity index (χ0) is 31.4. The lowest BCUT2D eigenvalue weighted by atomic mass is 10.1. The molecule has 0 fully saturated rings. The van der Waals surface area contributed by atoms with E-state index in [0.29, 0.717) is 33.9 Å². The average molecular weight is 611 g/mol. The number of nitrogens with one attached hydrogen (secondary N) is 1. The molecule has 0 atom stereocenters. The van der Waals surface area contributed by atoms with Crippen molar-refractivity contribution in [3.05, 3.63) is 67.0 Å². The van der Waals surface area contributed by atoms with Crippen molar-refractivity contribution in [2.75, 3.05) is 24.8 Å². The van der Waals surface area contributed by atoms with Crippen molar-refractivity contribution in [2.45, 2.75) is 26.1 Å². The van der Waals surface area contributed by atoms with E-state index < -0.39 is 24.4 Å². The summed E-state index contributed by atoms with van der Waals surface area (Å²) in [6, 6.07) is 8.19. The van der Waals surface area contributed by atoms with Gasteiger partial charge in [0.2, 0.25) is 5.95 Å². The third-order valence-electron chi connectivity index (χ3n) is 5.80. The second kappa shape index (κ2) is 12.3. The molecule has 13 nitrogen and oxygen atoms in total. The Morgan fingerprint density at radius 1 is 0.977 bits per heavy atom. The summed E-state index contributed by atoms with van der Waals surface area (Å²) in [6.45, 7) is 2.17. The Labute approximate surface area is 247 Å². The number of amides is 1. The first kappa shape index (κ1) is 29.8. The molecule has 44 heavy (non-hydrogen) atoms. The normalized spacial score (nSPS) is 11.4. The smallest absolute Gasteiger partial charge is 0.422 e. The molecule has 0 aliphatic carbocycles. The Morgan fingerprint density at radius 3 is 2.41 bits per heavy atom. The molecule has 0 radical (unpaired) electrons. The highest BCUT2D eigenvalue weighted by Gasteiger charge is 2.31. The Hall–Kier alpha value is -5.67. The van der Waals surface area contributed by atoms with E-state index in [9.17, 15) is 18.0 Å². The van der Waals surface area contributed by atoms with Crippen LogP contribution >= 0.6 is 0 Å². The minimum Gasteiger partial charge on any atom is -0.493 e. The van der Waals surface area contributed by atoms with Gasteiger partial charge in [-0.15, -0.1) is 0 Å². The molecule has 228 valence electrons. The van der Waals surface area contributed by atoms with Crippen molar-refractivity contribution in [1.82, 2.24) is 29.7 Å². The van der Waals surface area contributed by atoms with E-state index in [1.54, 1.807) is 30.5 Å². The number of halogens is 3. The highest BCUT2D eigenvalue weighted by molar-refractivity contribution is 6.04. The highest BCUT2D eigenvalue weighted by atomic mass is 19.4. The molecule has 1 amide bonds. The van der Waals surface area contributed by atoms with Crippen molar-refractivity contribution in [2.24, 2.45) is 0 Å². The average Bonchev–Trinajstić information content (AvgIpc) is 3.41. The number of hydrogen-bond acceptors (Lipinski definition) is 11. The number of benzene rings is 1. The number of rotatable bonds is 10. The first-order chi connectivity index (χ1) is 21.0. The number of anilines is 2. The van der Waals surface area contributed by atoms with Gasteiger partial charge in [-0.3, -0.25) is 9.78 Å². The van der Waals surface area contributed by atoms with Crippen LogP contribution in [0.15, 0.2) is 61.3 Å². The van der Waals surface area contributed by atoms with Crippen LogP contribution in [0.5, 0.6) is 28.7 Å². The molecule has 5 rings (SSSR count). The zero-order valence-corrected chi connectivity index (χ0v) is 23.5. The molecular formula is C28H25F3N8O5. The number of methoxy groups -OCH3 is 1. The molecule has 0 saturated heterocycles. The van der Waals surface area contributed by atoms with E-state index >= 15 is 0 Å². The van der Waals surface area contributed by atoms with Crippen LogP contribution in [0.3, 0.4) is 0 Å². The maximum Gasteiger partial charge on any atom is 0.422 e. The van der Waals surface area contributed by atoms with E-state index in [1.807, 2.05) is 13.8 Å². The van der Waals surface area contributed by atoms with Crippen LogP contribution in [0.25, 0.3) is 16.6 Å². The molecule has 0 spiro atoms. The first-order valence-corrected chi connectivity index (χ1v) is 12.9. The van der Waals surface area contributed by atoms with Gasteiger partial charge in [0.15, 0.2) is 29.5 Å². The van der Waals surface area contributed by atoms with Gasteiger partial charge in [0, 0.05) is 17.6 Å². The minimum absolute atomic E-state index is 0.0456. The van der Waals surface area contributed by atoms with Gasteiger partial charge in [-0.1, -0.05) is 0 Å². The highest BCUT2D eigenvalue weighted by Crippen LogP contribution is 2.37. The first-order valence-electron chi connectivity index (χ1n) is 12.9. The lowest BCUT2D eigenvalue weighted by Crippen LogP contribution is -2.22. The van der Waals surface area contributed by atoms with Crippen molar-refractivity contribution in [3.8, 4) is 34.4 Å². The lowest BCUT2D eigenvalue weighted by molar-refractivity contribution is -0.153. The van der Waals surface area contributed by atoms with Crippen LogP contribution in [-0.2, 0) is 0 Å². The summed E-state index contributed by atoms with van der Waals surface area (Å²) in [4.78, 5) is 29.5. The van der Waals surface area contributed by atoms with E-state index in [-0.39, 0.29) is 29.3 Å². The minimum atomic E-state index is -4.65. The molecule has 0 aliphatic rings. The third kappa shape index (κ3) is 6.86. The van der Waals surface area contributed by atoms with Crippen LogP contribution in [0.2, 0.25) is 0 Å². The number of carbonyl (C=O) groups is 1. The van der Waals surface area contributed by atoms with Crippen molar-refractivity contribution >= 4 is 28.6 Å². The lowest BCUT2D eigenvalue weighted by Gasteiger charge is -2.15. The maximum absolute atomic E-state index is 13.3. The number of carbonyl (C=O) groups excluding carboxylic acids is 1. The van der Waals surface area contributed by atoms with Gasteiger partial charge in [0.1, 0.15) is 23.0 Å². The molecule has 0 aliphatic heterocycles. The number of hydrogen-bond donors (Lipinski definition) is 2. The summed E-state index contributed by atoms with van der Waals surface area (Å²) in [5.74, 6) is 0.585. The predicted octanol–water partition coefficient (Wildman–Crippen LogP) is 4.97. The van der Waals surface area contributed by atoms with Gasteiger partial charge in [-0.25, -0.2) is 19.6 Å². The predicted molar refractivity (Wildman–Crippen MR) is 151 cm³/mol. The fourth-order valence-electron chi connectivity index (χ4n) is 3.98. The summed E-state index contributed by atoms with van der Waals surface area (Å²) in [5.41, 5.74) is 5.94. The Balaban J connectivity index is 1.37. The van der Waals surface area contributed by atoms with Gasteiger partial charge in [0.05, 0.1) is 43.5 Å². The van der Waals surface area contributed by atoms with Crippen molar-refractivity contribution < 1.29 is 36.9 Å². The molecule has 0 saturated carbocycles. The number of nitrogens with zero attached hydrogens (tertiary/aromatic N) is 6. The third-order valence-corrected chi connectivity index (χ3v) is 5.80. The zero-order valence-electron chi connectivity index (χ0n) is 23.5. The van der Waals surface area contributed by atoms with Crippen molar-refractivity contribution in [1.29, 1.82) is 0 Å². The van der Waals surface area contributed by atoms with Gasteiger partial charge in [0.25, 0.3) is 5.91 Å². The van der Waals surface area contributed by atoms with E-state index in [0.717, 1.165) is 10.9 Å². The fraction of sp³-hybridized carbons (Fsp3) is 0.214. The molecule has 3 N–H and O–H groups in total. The van der Waals surface area contributed by atoms with Crippen LogP contribution < -0.4 is 30.0 Å². The molecule has 5 aromatic rings. The second-order valence-corrected chi connectivity index (χ2v) is 9.40. The number of alkyl halides is 3. The summed E-state index contributed by atoms with van der Waals surface area (Å²) >= 11 is 0. The van der Waals surface area contributed by atoms with Crippen LogP contribution in [-0.4, -0.2) is 61.6 Å². The number of nitrogen functional groups attached to an aromatic ring is 1. The molecule has 4 heterocycles. The fourth-order valence-corrected chi connectivity index (χ4v) is 3.98. The van der Waals surface area contributed by atoms with E-state index in [2.05, 4.69) is 30.4 Å². The number of ether oxygens (including phenoxy) is 4. The summed E-state index contributed by atoms with van der Waals surface area (Å²) < 4.78 is 61.8. The molecular weight excluding hydrogens is 585 g/mol. The molecule has 1 aromatic carbocycles. The summed E-state index contributed by atoms with van der Waals surface area (Å²) in [7, 11) is 1.53. The van der Waals surface area contributed by atoms with Gasteiger partial charge in [-0.05, 0) is 38.1 Å². The topological polar surface area (TPSA) is 161 Å². The molecule has 16 heteroatoms. The van der Waals surface area contributed by atoms with Crippen LogP contribution in [0, 0.1) is 0 Å². The monoisotopic (exact) mass is 610 g/mol. The number of nitrogens with two attached hydrogens (primary N) is 1. The van der Waals surface area contributed by atoms with E-state index in [1.165, 1.54) is 31.8 Å². The molecule has 0 bridgehead atoms. The van der Waals surface area contributed by atoms with E-state index in [4.69, 9.17) is 24.7 Å². The largest absolute Gasteiger partial charge is 0.493 e. The summed E-state index contributed by atoms with van der Waals surface area (Å²) in [5, 5.41) is 7.16.